The van der Waals surface area contributed by atoms with Crippen molar-refractivity contribution in [2.75, 3.05) is 6.54 Å². The Balaban J connectivity index is 1.47. The predicted molar refractivity (Wildman–Crippen MR) is 132 cm³/mol. The first kappa shape index (κ1) is 25.2. The van der Waals surface area contributed by atoms with E-state index in [0.717, 1.165) is 11.1 Å². The first-order chi connectivity index (χ1) is 17.4. The van der Waals surface area contributed by atoms with Crippen molar-refractivity contribution in [3.05, 3.63) is 108 Å². The molecule has 1 fully saturated rings. The summed E-state index contributed by atoms with van der Waals surface area (Å²) in [4.78, 5) is 39.7. The second kappa shape index (κ2) is 11.2. The smallest absolute Gasteiger partial charge is 0.346 e. The number of likely N-dealkylation sites (tertiary alicyclic amines) is 1. The number of amides is 2. The van der Waals surface area contributed by atoms with Crippen LogP contribution in [0.25, 0.3) is 0 Å². The Morgan fingerprint density at radius 1 is 0.861 bits per heavy atom. The van der Waals surface area contributed by atoms with Crippen LogP contribution in [0.1, 0.15) is 41.9 Å². The molecule has 1 aliphatic rings. The zero-order valence-electron chi connectivity index (χ0n) is 19.8. The average Bonchev–Trinajstić information content (AvgIpc) is 3.41. The van der Waals surface area contributed by atoms with E-state index in [1.54, 1.807) is 30.3 Å². The number of alkyl halides is 2. The van der Waals surface area contributed by atoms with Gasteiger partial charge < -0.3 is 10.2 Å². The molecule has 1 saturated heterocycles. The fourth-order valence-electron chi connectivity index (χ4n) is 4.64. The van der Waals surface area contributed by atoms with Crippen molar-refractivity contribution in [3.8, 4) is 0 Å². The van der Waals surface area contributed by atoms with Gasteiger partial charge in [-0.25, -0.2) is 0 Å². The highest BCUT2D eigenvalue weighted by Crippen LogP contribution is 2.32. The summed E-state index contributed by atoms with van der Waals surface area (Å²) >= 11 is 0. The van der Waals surface area contributed by atoms with Gasteiger partial charge in [0.15, 0.2) is 0 Å². The van der Waals surface area contributed by atoms with E-state index < -0.39 is 23.7 Å². The highest BCUT2D eigenvalue weighted by atomic mass is 19.3. The molecular weight excluding hydrogens is 462 g/mol. The van der Waals surface area contributed by atoms with E-state index in [0.29, 0.717) is 12.0 Å². The third kappa shape index (κ3) is 5.67. The molecule has 3 aromatic carbocycles. The Morgan fingerprint density at radius 2 is 1.39 bits per heavy atom. The van der Waals surface area contributed by atoms with Gasteiger partial charge in [-0.15, -0.1) is 0 Å². The van der Waals surface area contributed by atoms with Gasteiger partial charge in [-0.2, -0.15) is 8.78 Å². The molecule has 1 atom stereocenters. The van der Waals surface area contributed by atoms with E-state index in [9.17, 15) is 23.2 Å². The molecule has 2 amide bonds. The summed E-state index contributed by atoms with van der Waals surface area (Å²) in [5.74, 6) is -8.09. The van der Waals surface area contributed by atoms with Gasteiger partial charge in [-0.1, -0.05) is 91.0 Å². The van der Waals surface area contributed by atoms with Crippen LogP contribution in [-0.2, 0) is 20.9 Å². The molecule has 0 radical (unpaired) electrons. The van der Waals surface area contributed by atoms with Gasteiger partial charge in [0, 0.05) is 25.4 Å². The summed E-state index contributed by atoms with van der Waals surface area (Å²) in [7, 11) is 0. The Labute approximate surface area is 209 Å². The van der Waals surface area contributed by atoms with Crippen LogP contribution in [0.4, 0.5) is 8.78 Å². The van der Waals surface area contributed by atoms with Crippen molar-refractivity contribution in [1.82, 2.24) is 10.2 Å². The third-order valence-corrected chi connectivity index (χ3v) is 6.55. The van der Waals surface area contributed by atoms with Crippen molar-refractivity contribution in [2.24, 2.45) is 0 Å². The number of ketones is 1. The molecule has 3 aromatic rings. The van der Waals surface area contributed by atoms with Gasteiger partial charge in [-0.05, 0) is 29.5 Å². The van der Waals surface area contributed by atoms with Crippen LogP contribution in [0, 0.1) is 0 Å². The standard InChI is InChI=1S/C29H28F2N2O3/c30-29(31,28(36)32-20-21-11-4-1-5-12-21)27(35)25-17-10-18-33(25)26(34)19-24(22-13-6-2-7-14-22)23-15-8-3-9-16-23/h1-9,11-16,24-25H,10,17-20H2,(H,32,36). The Kier molecular flexibility index (Phi) is 7.88. The number of hydrogen-bond donors (Lipinski definition) is 1. The normalized spacial score (nSPS) is 15.6. The minimum Gasteiger partial charge on any atom is -0.346 e. The van der Waals surface area contributed by atoms with E-state index >= 15 is 0 Å². The van der Waals surface area contributed by atoms with E-state index in [2.05, 4.69) is 5.32 Å². The number of hydrogen-bond acceptors (Lipinski definition) is 3. The van der Waals surface area contributed by atoms with E-state index in [4.69, 9.17) is 0 Å². The van der Waals surface area contributed by atoms with Crippen molar-refractivity contribution in [1.29, 1.82) is 0 Å². The van der Waals surface area contributed by atoms with Gasteiger partial charge in [0.1, 0.15) is 0 Å². The predicted octanol–water partition coefficient (Wildman–Crippen LogP) is 4.72. The van der Waals surface area contributed by atoms with Crippen molar-refractivity contribution < 1.29 is 23.2 Å². The molecule has 0 spiro atoms. The number of nitrogens with one attached hydrogen (secondary N) is 1. The first-order valence-electron chi connectivity index (χ1n) is 12.0. The zero-order valence-corrected chi connectivity index (χ0v) is 19.8. The lowest BCUT2D eigenvalue weighted by Crippen LogP contribution is -2.54. The van der Waals surface area contributed by atoms with E-state index in [1.165, 1.54) is 4.90 Å². The Morgan fingerprint density at radius 3 is 1.94 bits per heavy atom. The highest BCUT2D eigenvalue weighted by molar-refractivity contribution is 6.10. The van der Waals surface area contributed by atoms with Gasteiger partial charge in [0.25, 0.3) is 5.91 Å². The number of carbonyl (C=O) groups excluding carboxylic acids is 3. The Bertz CT molecular complexity index is 1150. The van der Waals surface area contributed by atoms with Gasteiger partial charge >= 0.3 is 5.92 Å². The van der Waals surface area contributed by atoms with Crippen LogP contribution in [0.15, 0.2) is 91.0 Å². The SMILES string of the molecule is O=C(CC(c1ccccc1)c1ccccc1)N1CCCC1C(=O)C(F)(F)C(=O)NCc1ccccc1. The molecule has 0 saturated carbocycles. The number of Topliss-reactive ketones (excluding diaryl/α,β-unsaturated/α-hetero) is 1. The first-order valence-corrected chi connectivity index (χ1v) is 12.0. The van der Waals surface area contributed by atoms with Crippen LogP contribution in [0.5, 0.6) is 0 Å². The summed E-state index contributed by atoms with van der Waals surface area (Å²) in [6, 6.07) is 26.2. The molecule has 186 valence electrons. The molecule has 7 heteroatoms. The lowest BCUT2D eigenvalue weighted by molar-refractivity contribution is -0.163. The molecule has 1 heterocycles. The van der Waals surface area contributed by atoms with Gasteiger partial charge in [0.05, 0.1) is 6.04 Å². The number of nitrogens with zero attached hydrogens (tertiary/aromatic N) is 1. The fraction of sp³-hybridized carbons (Fsp3) is 0.276. The maximum Gasteiger partial charge on any atom is 0.383 e. The molecule has 0 aromatic heterocycles. The minimum atomic E-state index is -4.24. The van der Waals surface area contributed by atoms with Gasteiger partial charge in [0.2, 0.25) is 11.7 Å². The largest absolute Gasteiger partial charge is 0.383 e. The summed E-state index contributed by atoms with van der Waals surface area (Å²) in [6.07, 6.45) is 0.558. The van der Waals surface area contributed by atoms with Gasteiger partial charge in [-0.3, -0.25) is 14.4 Å². The summed E-state index contributed by atoms with van der Waals surface area (Å²) in [5.41, 5.74) is 2.48. The number of halogens is 2. The molecule has 1 aliphatic heterocycles. The summed E-state index contributed by atoms with van der Waals surface area (Å²) < 4.78 is 29.8. The Hall–Kier alpha value is -3.87. The van der Waals surface area contributed by atoms with Crippen LogP contribution >= 0.6 is 0 Å². The number of rotatable bonds is 9. The lowest BCUT2D eigenvalue weighted by atomic mass is 9.88. The molecular formula is C29H28F2N2O3. The minimum absolute atomic E-state index is 0.0313. The zero-order chi connectivity index (χ0) is 25.5. The molecule has 0 bridgehead atoms. The fourth-order valence-corrected chi connectivity index (χ4v) is 4.64. The number of carbonyl (C=O) groups is 3. The van der Waals surface area contributed by atoms with Crippen molar-refractivity contribution in [2.45, 2.75) is 43.7 Å². The molecule has 1 N–H and O–H groups in total. The van der Waals surface area contributed by atoms with Crippen LogP contribution in [0.2, 0.25) is 0 Å². The second-order valence-electron chi connectivity index (χ2n) is 8.93. The van der Waals surface area contributed by atoms with Crippen molar-refractivity contribution >= 4 is 17.6 Å². The molecule has 1 unspecified atom stereocenters. The third-order valence-electron chi connectivity index (χ3n) is 6.55. The second-order valence-corrected chi connectivity index (χ2v) is 8.93. The quantitative estimate of drug-likeness (QED) is 0.442. The van der Waals surface area contributed by atoms with E-state index in [1.807, 2.05) is 60.7 Å². The molecule has 4 rings (SSSR count). The summed E-state index contributed by atoms with van der Waals surface area (Å²) in [6.45, 7) is 0.0823. The van der Waals surface area contributed by atoms with Crippen LogP contribution in [0.3, 0.4) is 0 Å². The number of benzene rings is 3. The van der Waals surface area contributed by atoms with Crippen molar-refractivity contribution in [3.63, 3.8) is 0 Å². The van der Waals surface area contributed by atoms with Crippen LogP contribution in [-0.4, -0.2) is 41.0 Å². The summed E-state index contributed by atoms with van der Waals surface area (Å²) in [5, 5.41) is 2.15. The average molecular weight is 491 g/mol. The topological polar surface area (TPSA) is 66.5 Å². The molecule has 36 heavy (non-hydrogen) atoms. The lowest BCUT2D eigenvalue weighted by Gasteiger charge is -2.28. The maximum absolute atomic E-state index is 14.9. The molecule has 5 nitrogen and oxygen atoms in total. The van der Waals surface area contributed by atoms with E-state index in [-0.39, 0.29) is 37.8 Å². The monoisotopic (exact) mass is 490 g/mol. The molecule has 0 aliphatic carbocycles. The maximum atomic E-state index is 14.9. The highest BCUT2D eigenvalue weighted by Gasteiger charge is 2.53. The van der Waals surface area contributed by atoms with Crippen LogP contribution < -0.4 is 5.32 Å².